The molecule has 3 amide bonds. The minimum Gasteiger partial charge on any atom is -0.508 e. The number of amides is 3. The Hall–Kier alpha value is -3.82. The summed E-state index contributed by atoms with van der Waals surface area (Å²) in [5.74, 6) is -1.09. The predicted molar refractivity (Wildman–Crippen MR) is 170 cm³/mol. The molecule has 1 fully saturated rings. The minimum atomic E-state index is -1.61. The molecule has 3 atom stereocenters. The number of phenols is 1. The van der Waals surface area contributed by atoms with Crippen molar-refractivity contribution < 1.29 is 24.6 Å². The first-order valence-electron chi connectivity index (χ1n) is 14.5. The highest BCUT2D eigenvalue weighted by Gasteiger charge is 2.51. The van der Waals surface area contributed by atoms with Crippen LogP contribution in [0.2, 0.25) is 0 Å². The molecule has 43 heavy (non-hydrogen) atoms. The lowest BCUT2D eigenvalue weighted by Crippen LogP contribution is -2.59. The molecule has 3 aromatic carbocycles. The quantitative estimate of drug-likeness (QED) is 0.316. The lowest BCUT2D eigenvalue weighted by Gasteiger charge is -2.36. The molecule has 1 aliphatic rings. The van der Waals surface area contributed by atoms with Crippen molar-refractivity contribution in [1.82, 2.24) is 15.1 Å². The van der Waals surface area contributed by atoms with Crippen molar-refractivity contribution in [3.05, 3.63) is 101 Å². The van der Waals surface area contributed by atoms with Gasteiger partial charge in [-0.1, -0.05) is 60.7 Å². The van der Waals surface area contributed by atoms with Gasteiger partial charge in [0, 0.05) is 29.0 Å². The van der Waals surface area contributed by atoms with Crippen LogP contribution in [0, 0.1) is 13.8 Å². The lowest BCUT2D eigenvalue weighted by molar-refractivity contribution is -0.151. The number of aryl methyl sites for hydroxylation is 1. The van der Waals surface area contributed by atoms with Crippen molar-refractivity contribution in [2.24, 2.45) is 0 Å². The van der Waals surface area contributed by atoms with E-state index < -0.39 is 34.7 Å². The third-order valence-electron chi connectivity index (χ3n) is 8.18. The zero-order chi connectivity index (χ0) is 31.3. The van der Waals surface area contributed by atoms with Gasteiger partial charge in [-0.15, -0.1) is 11.8 Å². The van der Waals surface area contributed by atoms with Crippen LogP contribution in [0.3, 0.4) is 0 Å². The summed E-state index contributed by atoms with van der Waals surface area (Å²) >= 11 is 1.49. The summed E-state index contributed by atoms with van der Waals surface area (Å²) in [7, 11) is 0. The van der Waals surface area contributed by atoms with Crippen LogP contribution in [-0.4, -0.2) is 73.1 Å². The van der Waals surface area contributed by atoms with E-state index in [1.165, 1.54) is 22.7 Å². The second-order valence-electron chi connectivity index (χ2n) is 11.5. The molecule has 0 aromatic heterocycles. The molecular formula is C34H41N3O5S. The third kappa shape index (κ3) is 7.22. The molecule has 1 aliphatic heterocycles. The molecule has 0 bridgehead atoms. The van der Waals surface area contributed by atoms with E-state index in [0.717, 1.165) is 16.7 Å². The zero-order valence-electron chi connectivity index (χ0n) is 25.4. The molecule has 0 saturated carbocycles. The fraction of sp³-hybridized carbons (Fsp3) is 0.382. The summed E-state index contributed by atoms with van der Waals surface area (Å²) in [6, 6.07) is 20.1. The number of hydrogen-bond acceptors (Lipinski definition) is 6. The number of hydrogen-bond donors (Lipinski definition) is 3. The number of aliphatic hydroxyl groups excluding tert-OH is 1. The fourth-order valence-corrected chi connectivity index (χ4v) is 6.60. The van der Waals surface area contributed by atoms with E-state index in [4.69, 9.17) is 0 Å². The second kappa shape index (κ2) is 13.7. The Morgan fingerprint density at radius 1 is 1.02 bits per heavy atom. The van der Waals surface area contributed by atoms with Gasteiger partial charge in [0.15, 0.2) is 6.10 Å². The molecule has 0 radical (unpaired) electrons. The Morgan fingerprint density at radius 2 is 1.70 bits per heavy atom. The van der Waals surface area contributed by atoms with E-state index in [2.05, 4.69) is 5.32 Å². The van der Waals surface area contributed by atoms with Gasteiger partial charge in [0.2, 0.25) is 5.91 Å². The van der Waals surface area contributed by atoms with Crippen LogP contribution in [-0.2, 0) is 22.6 Å². The Bertz CT molecular complexity index is 1460. The van der Waals surface area contributed by atoms with Crippen LogP contribution in [0.25, 0.3) is 0 Å². The molecule has 1 saturated heterocycles. The van der Waals surface area contributed by atoms with E-state index in [9.17, 15) is 24.6 Å². The summed E-state index contributed by atoms with van der Waals surface area (Å²) in [4.78, 5) is 44.7. The molecule has 8 nitrogen and oxygen atoms in total. The van der Waals surface area contributed by atoms with Crippen molar-refractivity contribution in [2.45, 2.75) is 70.5 Å². The minimum absolute atomic E-state index is 0.0206. The van der Waals surface area contributed by atoms with Crippen LogP contribution in [0.5, 0.6) is 5.75 Å². The van der Waals surface area contributed by atoms with Gasteiger partial charge in [-0.25, -0.2) is 0 Å². The second-order valence-corrected chi connectivity index (χ2v) is 13.1. The number of phenolic OH excluding ortho intramolecular Hbond substituents is 1. The first-order chi connectivity index (χ1) is 20.4. The summed E-state index contributed by atoms with van der Waals surface area (Å²) in [5.41, 5.74) is 3.59. The van der Waals surface area contributed by atoms with Gasteiger partial charge in [-0.2, -0.15) is 0 Å². The van der Waals surface area contributed by atoms with Gasteiger partial charge < -0.3 is 25.3 Å². The molecule has 0 aliphatic carbocycles. The maximum atomic E-state index is 14.1. The number of rotatable bonds is 10. The molecule has 3 unspecified atom stereocenters. The number of nitrogens with one attached hydrogen (secondary N) is 1. The van der Waals surface area contributed by atoms with E-state index in [1.54, 1.807) is 24.0 Å². The first kappa shape index (κ1) is 32.1. The molecule has 9 heteroatoms. The topological polar surface area (TPSA) is 110 Å². The standard InChI is InChI=1S/C34H41N3O5S/c1-6-36(20-25-16-11-10-13-22(25)2)33(42)30-34(4,5)43-21-37(30)32(41)29(39)27(19-24-14-8-7-9-15-24)35-31(40)26-17-12-18-28(38)23(26)3/h7-18,27,29-30,38-39H,6,19-21H2,1-5H3,(H,35,40). The Labute approximate surface area is 258 Å². The largest absolute Gasteiger partial charge is 0.508 e. The highest BCUT2D eigenvalue weighted by molar-refractivity contribution is 8.00. The van der Waals surface area contributed by atoms with Crippen molar-refractivity contribution >= 4 is 29.5 Å². The number of carbonyl (C=O) groups is 3. The maximum Gasteiger partial charge on any atom is 0.254 e. The number of thioether (sulfide) groups is 1. The number of aliphatic hydroxyl groups is 1. The highest BCUT2D eigenvalue weighted by atomic mass is 32.2. The lowest BCUT2D eigenvalue weighted by atomic mass is 9.96. The number of aromatic hydroxyl groups is 1. The van der Waals surface area contributed by atoms with E-state index in [-0.39, 0.29) is 29.5 Å². The molecule has 228 valence electrons. The van der Waals surface area contributed by atoms with Gasteiger partial charge in [-0.3, -0.25) is 14.4 Å². The summed E-state index contributed by atoms with van der Waals surface area (Å²) < 4.78 is -0.595. The van der Waals surface area contributed by atoms with Gasteiger partial charge in [0.05, 0.1) is 11.9 Å². The zero-order valence-corrected chi connectivity index (χ0v) is 26.2. The molecule has 4 rings (SSSR count). The molecule has 1 heterocycles. The van der Waals surface area contributed by atoms with Crippen LogP contribution >= 0.6 is 11.8 Å². The monoisotopic (exact) mass is 603 g/mol. The summed E-state index contributed by atoms with van der Waals surface area (Å²) in [5, 5.41) is 24.5. The van der Waals surface area contributed by atoms with E-state index in [0.29, 0.717) is 18.7 Å². The average molecular weight is 604 g/mol. The molecule has 3 aromatic rings. The smallest absolute Gasteiger partial charge is 0.254 e. The number of benzene rings is 3. The van der Waals surface area contributed by atoms with Gasteiger partial charge in [-0.05, 0) is 69.9 Å². The van der Waals surface area contributed by atoms with Gasteiger partial charge in [0.25, 0.3) is 11.8 Å². The molecular weight excluding hydrogens is 562 g/mol. The first-order valence-corrected chi connectivity index (χ1v) is 15.5. The predicted octanol–water partition coefficient (Wildman–Crippen LogP) is 4.44. The van der Waals surface area contributed by atoms with Crippen LogP contribution in [0.15, 0.2) is 72.8 Å². The average Bonchev–Trinajstić information content (AvgIpc) is 3.31. The Kier molecular flexibility index (Phi) is 10.2. The third-order valence-corrected chi connectivity index (χ3v) is 9.55. The van der Waals surface area contributed by atoms with E-state index in [1.807, 2.05) is 82.3 Å². The van der Waals surface area contributed by atoms with Crippen molar-refractivity contribution in [2.75, 3.05) is 12.4 Å². The normalized spacial score (nSPS) is 17.3. The van der Waals surface area contributed by atoms with Crippen LogP contribution < -0.4 is 5.32 Å². The van der Waals surface area contributed by atoms with Crippen LogP contribution in [0.1, 0.15) is 53.4 Å². The molecule has 3 N–H and O–H groups in total. The fourth-order valence-electron chi connectivity index (χ4n) is 5.47. The maximum absolute atomic E-state index is 14.1. The number of carbonyl (C=O) groups excluding carboxylic acids is 3. The Morgan fingerprint density at radius 3 is 2.37 bits per heavy atom. The van der Waals surface area contributed by atoms with Crippen molar-refractivity contribution in [3.63, 3.8) is 0 Å². The Balaban J connectivity index is 1.61. The highest BCUT2D eigenvalue weighted by Crippen LogP contribution is 2.41. The summed E-state index contributed by atoms with van der Waals surface area (Å²) in [6.45, 7) is 10.3. The van der Waals surface area contributed by atoms with Gasteiger partial charge in [0.1, 0.15) is 11.8 Å². The van der Waals surface area contributed by atoms with Gasteiger partial charge >= 0.3 is 0 Å². The van der Waals surface area contributed by atoms with Crippen LogP contribution in [0.4, 0.5) is 0 Å². The molecule has 0 spiro atoms. The van der Waals surface area contributed by atoms with Crippen molar-refractivity contribution in [1.29, 1.82) is 0 Å². The number of likely N-dealkylation sites (N-methyl/N-ethyl adjacent to an activating group) is 1. The van der Waals surface area contributed by atoms with Crippen molar-refractivity contribution in [3.8, 4) is 5.75 Å². The van der Waals surface area contributed by atoms with E-state index >= 15 is 0 Å². The summed E-state index contributed by atoms with van der Waals surface area (Å²) in [6.07, 6.45) is -1.42. The number of nitrogens with zero attached hydrogens (tertiary/aromatic N) is 2. The SMILES string of the molecule is CCN(Cc1ccccc1C)C(=O)C1N(C(=O)C(O)C(Cc2ccccc2)NC(=O)c2cccc(O)c2C)CSC1(C)C.